The summed E-state index contributed by atoms with van der Waals surface area (Å²) in [7, 11) is 0. The average Bonchev–Trinajstić information content (AvgIpc) is 2.35. The Morgan fingerprint density at radius 3 is 2.67 bits per heavy atom. The van der Waals surface area contributed by atoms with Crippen molar-refractivity contribution >= 4 is 17.4 Å². The van der Waals surface area contributed by atoms with E-state index in [1.54, 1.807) is 6.20 Å². The predicted molar refractivity (Wildman–Crippen MR) is 79.4 cm³/mol. The van der Waals surface area contributed by atoms with Gasteiger partial charge in [-0.25, -0.2) is 4.98 Å². The fraction of sp³-hybridized carbons (Fsp3) is 0.643. The SMILES string of the molecule is CCCN(CC)c1cc(CNC(C)C)c(Cl)cn1. The molecule has 0 saturated heterocycles. The van der Waals surface area contributed by atoms with Gasteiger partial charge in [0.25, 0.3) is 0 Å². The molecule has 0 unspecified atom stereocenters. The molecule has 4 heteroatoms. The smallest absolute Gasteiger partial charge is 0.128 e. The van der Waals surface area contributed by atoms with Crippen molar-refractivity contribution in [3.8, 4) is 0 Å². The summed E-state index contributed by atoms with van der Waals surface area (Å²) in [5.41, 5.74) is 1.12. The Kier molecular flexibility index (Phi) is 6.44. The fourth-order valence-corrected chi connectivity index (χ4v) is 1.96. The van der Waals surface area contributed by atoms with E-state index in [9.17, 15) is 0 Å². The van der Waals surface area contributed by atoms with Crippen LogP contribution in [0, 0.1) is 0 Å². The van der Waals surface area contributed by atoms with Gasteiger partial charge in [-0.2, -0.15) is 0 Å². The van der Waals surface area contributed by atoms with E-state index in [4.69, 9.17) is 11.6 Å². The highest BCUT2D eigenvalue weighted by Crippen LogP contribution is 2.20. The first kappa shape index (κ1) is 15.3. The molecule has 18 heavy (non-hydrogen) atoms. The maximum atomic E-state index is 6.18. The van der Waals surface area contributed by atoms with Crippen LogP contribution in [-0.2, 0) is 6.54 Å². The zero-order valence-corrected chi connectivity index (χ0v) is 12.6. The topological polar surface area (TPSA) is 28.2 Å². The van der Waals surface area contributed by atoms with E-state index in [-0.39, 0.29) is 0 Å². The van der Waals surface area contributed by atoms with Crippen molar-refractivity contribution < 1.29 is 0 Å². The van der Waals surface area contributed by atoms with Crippen LogP contribution in [0.25, 0.3) is 0 Å². The van der Waals surface area contributed by atoms with Gasteiger partial charge >= 0.3 is 0 Å². The summed E-state index contributed by atoms with van der Waals surface area (Å²) in [6.45, 7) is 11.4. The van der Waals surface area contributed by atoms with E-state index in [0.717, 1.165) is 42.5 Å². The predicted octanol–water partition coefficient (Wildman–Crippen LogP) is 3.47. The number of pyridine rings is 1. The first-order valence-corrected chi connectivity index (χ1v) is 7.09. The first-order chi connectivity index (χ1) is 8.58. The Balaban J connectivity index is 2.84. The number of anilines is 1. The van der Waals surface area contributed by atoms with Crippen LogP contribution in [0.1, 0.15) is 39.7 Å². The van der Waals surface area contributed by atoms with Gasteiger partial charge in [-0.1, -0.05) is 32.4 Å². The summed E-state index contributed by atoms with van der Waals surface area (Å²) in [5, 5.41) is 4.12. The van der Waals surface area contributed by atoms with Gasteiger partial charge in [-0.3, -0.25) is 0 Å². The molecule has 0 atom stereocenters. The molecule has 0 aliphatic carbocycles. The Bertz CT molecular complexity index is 366. The van der Waals surface area contributed by atoms with Gasteiger partial charge in [-0.15, -0.1) is 0 Å². The molecule has 1 aromatic heterocycles. The zero-order chi connectivity index (χ0) is 13.5. The molecule has 0 bridgehead atoms. The quantitative estimate of drug-likeness (QED) is 0.822. The third-order valence-corrected chi connectivity index (χ3v) is 3.16. The van der Waals surface area contributed by atoms with E-state index in [0.29, 0.717) is 6.04 Å². The van der Waals surface area contributed by atoms with Crippen LogP contribution < -0.4 is 10.2 Å². The number of halogens is 1. The molecule has 0 saturated carbocycles. The lowest BCUT2D eigenvalue weighted by Gasteiger charge is -2.22. The van der Waals surface area contributed by atoms with E-state index >= 15 is 0 Å². The van der Waals surface area contributed by atoms with Gasteiger partial charge in [0.1, 0.15) is 5.82 Å². The molecule has 0 amide bonds. The van der Waals surface area contributed by atoms with Crippen LogP contribution in [0.4, 0.5) is 5.82 Å². The minimum atomic E-state index is 0.454. The van der Waals surface area contributed by atoms with Crippen LogP contribution >= 0.6 is 11.6 Å². The Morgan fingerprint density at radius 2 is 2.11 bits per heavy atom. The molecule has 1 aromatic rings. The van der Waals surface area contributed by atoms with E-state index < -0.39 is 0 Å². The van der Waals surface area contributed by atoms with Crippen LogP contribution in [-0.4, -0.2) is 24.1 Å². The van der Waals surface area contributed by atoms with Crippen LogP contribution in [0.15, 0.2) is 12.3 Å². The van der Waals surface area contributed by atoms with Crippen molar-refractivity contribution in [2.45, 2.75) is 46.7 Å². The van der Waals surface area contributed by atoms with Crippen molar-refractivity contribution in [2.24, 2.45) is 0 Å². The maximum absolute atomic E-state index is 6.18. The maximum Gasteiger partial charge on any atom is 0.128 e. The molecule has 1 N–H and O–H groups in total. The molecule has 102 valence electrons. The van der Waals surface area contributed by atoms with Crippen LogP contribution in [0.3, 0.4) is 0 Å². The summed E-state index contributed by atoms with van der Waals surface area (Å²) in [6, 6.07) is 2.55. The molecule has 0 aliphatic rings. The summed E-state index contributed by atoms with van der Waals surface area (Å²) >= 11 is 6.18. The number of nitrogens with zero attached hydrogens (tertiary/aromatic N) is 2. The third kappa shape index (κ3) is 4.46. The van der Waals surface area contributed by atoms with E-state index in [1.807, 2.05) is 0 Å². The largest absolute Gasteiger partial charge is 0.357 e. The molecule has 1 heterocycles. The number of aromatic nitrogens is 1. The first-order valence-electron chi connectivity index (χ1n) is 6.71. The lowest BCUT2D eigenvalue weighted by molar-refractivity contribution is 0.588. The Hall–Kier alpha value is -0.800. The second-order valence-electron chi connectivity index (χ2n) is 4.75. The number of hydrogen-bond donors (Lipinski definition) is 1. The highest BCUT2D eigenvalue weighted by Gasteiger charge is 2.08. The van der Waals surface area contributed by atoms with Gasteiger partial charge in [0.2, 0.25) is 0 Å². The average molecular weight is 270 g/mol. The second-order valence-corrected chi connectivity index (χ2v) is 5.16. The van der Waals surface area contributed by atoms with Crippen molar-refractivity contribution in [1.82, 2.24) is 10.3 Å². The summed E-state index contributed by atoms with van der Waals surface area (Å²) in [5.74, 6) is 1.02. The lowest BCUT2D eigenvalue weighted by atomic mass is 10.2. The van der Waals surface area contributed by atoms with E-state index in [1.165, 1.54) is 0 Å². The molecule has 0 fully saturated rings. The number of hydrogen-bond acceptors (Lipinski definition) is 3. The third-order valence-electron chi connectivity index (χ3n) is 2.82. The van der Waals surface area contributed by atoms with Gasteiger partial charge in [0, 0.05) is 31.9 Å². The highest BCUT2D eigenvalue weighted by atomic mass is 35.5. The molecule has 0 aliphatic heterocycles. The molecule has 3 nitrogen and oxygen atoms in total. The Labute approximate surface area is 116 Å². The van der Waals surface area contributed by atoms with Crippen molar-refractivity contribution in [3.05, 3.63) is 22.8 Å². The molecule has 0 radical (unpaired) electrons. The van der Waals surface area contributed by atoms with Gasteiger partial charge in [0.05, 0.1) is 5.02 Å². The molecule has 1 rings (SSSR count). The van der Waals surface area contributed by atoms with Gasteiger partial charge in [0.15, 0.2) is 0 Å². The molecular formula is C14H24ClN3. The molecule has 0 spiro atoms. The summed E-state index contributed by atoms with van der Waals surface area (Å²) in [6.07, 6.45) is 2.88. The minimum absolute atomic E-state index is 0.454. The van der Waals surface area contributed by atoms with Gasteiger partial charge in [-0.05, 0) is 25.0 Å². The lowest BCUT2D eigenvalue weighted by Crippen LogP contribution is -2.25. The second kappa shape index (κ2) is 7.59. The standard InChI is InChI=1S/C14H24ClN3/c1-5-7-18(6-2)14-8-12(9-16-11(3)4)13(15)10-17-14/h8,10-11,16H,5-7,9H2,1-4H3. The van der Waals surface area contributed by atoms with Gasteiger partial charge < -0.3 is 10.2 Å². The van der Waals surface area contributed by atoms with Crippen LogP contribution in [0.5, 0.6) is 0 Å². The number of rotatable bonds is 7. The van der Waals surface area contributed by atoms with Crippen molar-refractivity contribution in [3.63, 3.8) is 0 Å². The number of nitrogens with one attached hydrogen (secondary N) is 1. The molecule has 0 aromatic carbocycles. The molecular weight excluding hydrogens is 246 g/mol. The summed E-state index contributed by atoms with van der Waals surface area (Å²) in [4.78, 5) is 6.70. The van der Waals surface area contributed by atoms with Crippen molar-refractivity contribution in [1.29, 1.82) is 0 Å². The van der Waals surface area contributed by atoms with E-state index in [2.05, 4.69) is 49.0 Å². The monoisotopic (exact) mass is 269 g/mol. The van der Waals surface area contributed by atoms with Crippen LogP contribution in [0.2, 0.25) is 5.02 Å². The zero-order valence-electron chi connectivity index (χ0n) is 11.8. The van der Waals surface area contributed by atoms with Crippen molar-refractivity contribution in [2.75, 3.05) is 18.0 Å². The normalized spacial score (nSPS) is 11.0. The minimum Gasteiger partial charge on any atom is -0.357 e. The highest BCUT2D eigenvalue weighted by molar-refractivity contribution is 6.31. The Morgan fingerprint density at radius 1 is 1.39 bits per heavy atom. The summed E-state index contributed by atoms with van der Waals surface area (Å²) < 4.78 is 0. The fourth-order valence-electron chi connectivity index (χ4n) is 1.79.